The molecule has 1 unspecified atom stereocenters. The second kappa shape index (κ2) is 7.82. The minimum Gasteiger partial charge on any atom is -0.376 e. The predicted molar refractivity (Wildman–Crippen MR) is 93.1 cm³/mol. The second-order valence-electron chi connectivity index (χ2n) is 7.27. The van der Waals surface area contributed by atoms with Crippen LogP contribution in [-0.2, 0) is 33.9 Å². The van der Waals surface area contributed by atoms with Gasteiger partial charge < -0.3 is 4.74 Å². The zero-order valence-corrected chi connectivity index (χ0v) is 15.2. The van der Waals surface area contributed by atoms with E-state index in [1.165, 1.54) is 0 Å². The molecule has 2 nitrogen and oxygen atoms in total. The third-order valence-electron chi connectivity index (χ3n) is 5.10. The van der Waals surface area contributed by atoms with E-state index in [0.717, 1.165) is 5.56 Å². The van der Waals surface area contributed by atoms with E-state index in [1.54, 1.807) is 0 Å². The van der Waals surface area contributed by atoms with Gasteiger partial charge in [0.15, 0.2) is 0 Å². The molecular weight excluding hydrogens is 398 g/mol. The zero-order valence-electron chi connectivity index (χ0n) is 15.2. The number of hydrogen-bond acceptors (Lipinski definition) is 2. The van der Waals surface area contributed by atoms with Crippen molar-refractivity contribution < 1.29 is 35.9 Å². The quantitative estimate of drug-likeness (QED) is 0.565. The van der Waals surface area contributed by atoms with Crippen molar-refractivity contribution in [1.29, 1.82) is 0 Å². The lowest BCUT2D eigenvalue weighted by Gasteiger charge is -2.28. The lowest BCUT2D eigenvalue weighted by molar-refractivity contribution is -0.143. The maximum Gasteiger partial charge on any atom is 0.416 e. The molecule has 1 fully saturated rings. The minimum absolute atomic E-state index is 0.0281. The molecule has 0 spiro atoms. The SMILES string of the molecule is O=C1CCC(COCc2cc(C(F)(F)F)cc(C(F)(F)F)c2)(c2ccccc2)C1. The summed E-state index contributed by atoms with van der Waals surface area (Å²) in [7, 11) is 0. The van der Waals surface area contributed by atoms with Crippen molar-refractivity contribution in [2.75, 3.05) is 6.61 Å². The van der Waals surface area contributed by atoms with Crippen LogP contribution in [0.2, 0.25) is 0 Å². The van der Waals surface area contributed by atoms with Crippen LogP contribution in [0.1, 0.15) is 41.5 Å². The molecule has 1 aliphatic rings. The normalized spacial score (nSPS) is 20.3. The van der Waals surface area contributed by atoms with Gasteiger partial charge in [0.05, 0.1) is 24.3 Å². The Morgan fingerprint density at radius 2 is 1.48 bits per heavy atom. The van der Waals surface area contributed by atoms with Gasteiger partial charge in [0.2, 0.25) is 0 Å². The molecule has 1 saturated carbocycles. The number of carbonyl (C=O) groups is 1. The van der Waals surface area contributed by atoms with E-state index < -0.39 is 35.5 Å². The first-order valence-electron chi connectivity index (χ1n) is 8.93. The van der Waals surface area contributed by atoms with Gasteiger partial charge in [0.1, 0.15) is 5.78 Å². The first kappa shape index (κ1) is 21.4. The Labute approximate surface area is 163 Å². The fourth-order valence-electron chi connectivity index (χ4n) is 3.64. The van der Waals surface area contributed by atoms with Gasteiger partial charge in [-0.1, -0.05) is 30.3 Å². The predicted octanol–water partition coefficient (Wildman–Crippen LogP) is 5.93. The zero-order chi connectivity index (χ0) is 21.3. The molecule has 0 bridgehead atoms. The van der Waals surface area contributed by atoms with Crippen molar-refractivity contribution in [3.8, 4) is 0 Å². The number of hydrogen-bond donors (Lipinski definition) is 0. The minimum atomic E-state index is -4.90. The van der Waals surface area contributed by atoms with Gasteiger partial charge in [-0.05, 0) is 35.7 Å². The highest BCUT2D eigenvalue weighted by Gasteiger charge is 2.40. The summed E-state index contributed by atoms with van der Waals surface area (Å²) in [4.78, 5) is 11.9. The summed E-state index contributed by atoms with van der Waals surface area (Å²) in [6.45, 7) is -0.393. The van der Waals surface area contributed by atoms with Crippen molar-refractivity contribution in [2.24, 2.45) is 0 Å². The molecule has 156 valence electrons. The molecule has 0 saturated heterocycles. The molecule has 0 aromatic heterocycles. The van der Waals surface area contributed by atoms with E-state index in [0.29, 0.717) is 25.0 Å². The Balaban J connectivity index is 1.81. The number of carbonyl (C=O) groups excluding carboxylic acids is 1. The van der Waals surface area contributed by atoms with Crippen LogP contribution in [0.5, 0.6) is 0 Å². The highest BCUT2D eigenvalue weighted by Crippen LogP contribution is 2.40. The molecule has 2 aromatic carbocycles. The molecule has 3 rings (SSSR count). The Morgan fingerprint density at radius 1 is 0.897 bits per heavy atom. The molecule has 0 radical (unpaired) electrons. The fraction of sp³-hybridized carbons (Fsp3) is 0.381. The molecule has 2 aromatic rings. The van der Waals surface area contributed by atoms with Gasteiger partial charge >= 0.3 is 12.4 Å². The van der Waals surface area contributed by atoms with Crippen LogP contribution in [0.25, 0.3) is 0 Å². The molecule has 0 amide bonds. The van der Waals surface area contributed by atoms with Crippen molar-refractivity contribution in [3.05, 3.63) is 70.8 Å². The Morgan fingerprint density at radius 3 is 1.97 bits per heavy atom. The van der Waals surface area contributed by atoms with E-state index in [4.69, 9.17) is 4.74 Å². The van der Waals surface area contributed by atoms with Gasteiger partial charge in [-0.2, -0.15) is 26.3 Å². The molecule has 8 heteroatoms. The number of halogens is 6. The van der Waals surface area contributed by atoms with Crippen LogP contribution < -0.4 is 0 Å². The van der Waals surface area contributed by atoms with Gasteiger partial charge in [0, 0.05) is 18.3 Å². The summed E-state index contributed by atoms with van der Waals surface area (Å²) < 4.78 is 83.5. The summed E-state index contributed by atoms with van der Waals surface area (Å²) in [5.41, 5.74) is -2.72. The van der Waals surface area contributed by atoms with Crippen molar-refractivity contribution in [1.82, 2.24) is 0 Å². The van der Waals surface area contributed by atoms with E-state index in [9.17, 15) is 31.1 Å². The van der Waals surface area contributed by atoms with Crippen molar-refractivity contribution in [3.63, 3.8) is 0 Å². The summed E-state index contributed by atoms with van der Waals surface area (Å²) in [6.07, 6.45) is -8.70. The number of ether oxygens (including phenoxy) is 1. The molecule has 1 aliphatic carbocycles. The molecule has 29 heavy (non-hydrogen) atoms. The second-order valence-corrected chi connectivity index (χ2v) is 7.27. The van der Waals surface area contributed by atoms with E-state index in [-0.39, 0.29) is 30.4 Å². The standard InChI is InChI=1S/C21H18F6O2/c22-20(23,24)16-8-14(9-17(10-16)21(25,26)27)12-29-13-19(7-6-18(28)11-19)15-4-2-1-3-5-15/h1-5,8-10H,6-7,11-13H2. The Kier molecular flexibility index (Phi) is 5.76. The molecule has 1 atom stereocenters. The fourth-order valence-corrected chi connectivity index (χ4v) is 3.64. The number of benzene rings is 2. The molecule has 0 aliphatic heterocycles. The third kappa shape index (κ3) is 4.98. The average molecular weight is 416 g/mol. The maximum absolute atomic E-state index is 13.0. The summed E-state index contributed by atoms with van der Waals surface area (Å²) >= 11 is 0. The van der Waals surface area contributed by atoms with Crippen LogP contribution >= 0.6 is 0 Å². The summed E-state index contributed by atoms with van der Waals surface area (Å²) in [6, 6.07) is 10.5. The lowest BCUT2D eigenvalue weighted by atomic mass is 9.79. The van der Waals surface area contributed by atoms with Gasteiger partial charge in [-0.25, -0.2) is 0 Å². The number of alkyl halides is 6. The third-order valence-corrected chi connectivity index (χ3v) is 5.10. The first-order chi connectivity index (χ1) is 13.5. The summed E-state index contributed by atoms with van der Waals surface area (Å²) in [5, 5.41) is 0. The largest absolute Gasteiger partial charge is 0.416 e. The molecule has 0 N–H and O–H groups in total. The number of ketones is 1. The first-order valence-corrected chi connectivity index (χ1v) is 8.93. The lowest BCUT2D eigenvalue weighted by Crippen LogP contribution is -2.29. The molecule has 0 heterocycles. The molecular formula is C21H18F6O2. The Hall–Kier alpha value is -2.35. The van der Waals surface area contributed by atoms with Crippen LogP contribution in [0.15, 0.2) is 48.5 Å². The van der Waals surface area contributed by atoms with Crippen LogP contribution in [-0.4, -0.2) is 12.4 Å². The van der Waals surface area contributed by atoms with Crippen LogP contribution in [0, 0.1) is 0 Å². The number of Topliss-reactive ketones (excluding diaryl/α,β-unsaturated/α-hetero) is 1. The van der Waals surface area contributed by atoms with Gasteiger partial charge in [-0.3, -0.25) is 4.79 Å². The summed E-state index contributed by atoms with van der Waals surface area (Å²) in [5.74, 6) is 0.0517. The smallest absolute Gasteiger partial charge is 0.376 e. The number of rotatable bonds is 5. The topological polar surface area (TPSA) is 26.3 Å². The average Bonchev–Trinajstić information content (AvgIpc) is 3.03. The van der Waals surface area contributed by atoms with Gasteiger partial charge in [-0.15, -0.1) is 0 Å². The van der Waals surface area contributed by atoms with Crippen molar-refractivity contribution in [2.45, 2.75) is 43.6 Å². The van der Waals surface area contributed by atoms with E-state index in [1.807, 2.05) is 30.3 Å². The van der Waals surface area contributed by atoms with E-state index in [2.05, 4.69) is 0 Å². The monoisotopic (exact) mass is 416 g/mol. The van der Waals surface area contributed by atoms with E-state index >= 15 is 0 Å². The van der Waals surface area contributed by atoms with Gasteiger partial charge in [0.25, 0.3) is 0 Å². The highest BCUT2D eigenvalue weighted by molar-refractivity contribution is 5.82. The maximum atomic E-state index is 13.0. The van der Waals surface area contributed by atoms with Crippen molar-refractivity contribution >= 4 is 5.78 Å². The van der Waals surface area contributed by atoms with Crippen LogP contribution in [0.3, 0.4) is 0 Å². The highest BCUT2D eigenvalue weighted by atomic mass is 19.4. The Bertz CT molecular complexity index is 841. The van der Waals surface area contributed by atoms with Crippen LogP contribution in [0.4, 0.5) is 26.3 Å².